The van der Waals surface area contributed by atoms with Gasteiger partial charge in [0.1, 0.15) is 6.04 Å². The average molecular weight is 373 g/mol. The van der Waals surface area contributed by atoms with Crippen LogP contribution in [0.4, 0.5) is 0 Å². The summed E-state index contributed by atoms with van der Waals surface area (Å²) in [7, 11) is 1.59. The highest BCUT2D eigenvalue weighted by Crippen LogP contribution is 2.17. The van der Waals surface area contributed by atoms with Gasteiger partial charge in [-0.1, -0.05) is 54.9 Å². The van der Waals surface area contributed by atoms with Crippen LogP contribution in [0.2, 0.25) is 5.02 Å². The second-order valence-electron chi connectivity index (χ2n) is 6.29. The summed E-state index contributed by atoms with van der Waals surface area (Å²) in [4.78, 5) is 27.1. The molecule has 1 N–H and O–H groups in total. The maximum Gasteiger partial charge on any atom is 0.242 e. The van der Waals surface area contributed by atoms with Crippen molar-refractivity contribution in [2.24, 2.45) is 0 Å². The number of halogens is 1. The molecule has 0 bridgehead atoms. The first kappa shape index (κ1) is 20.0. The molecule has 2 aromatic carbocycles. The van der Waals surface area contributed by atoms with Crippen LogP contribution in [0.15, 0.2) is 48.5 Å². The van der Waals surface area contributed by atoms with Gasteiger partial charge in [0.2, 0.25) is 11.8 Å². The van der Waals surface area contributed by atoms with Crippen molar-refractivity contribution < 1.29 is 9.59 Å². The van der Waals surface area contributed by atoms with E-state index >= 15 is 0 Å². The van der Waals surface area contributed by atoms with Gasteiger partial charge in [-0.15, -0.1) is 0 Å². The highest BCUT2D eigenvalue weighted by atomic mass is 35.5. The molecule has 0 heterocycles. The lowest BCUT2D eigenvalue weighted by atomic mass is 10.0. The molecule has 26 heavy (non-hydrogen) atoms. The maximum atomic E-state index is 13.1. The second kappa shape index (κ2) is 9.39. The minimum atomic E-state index is -0.507. The van der Waals surface area contributed by atoms with Crippen LogP contribution in [-0.2, 0) is 22.6 Å². The van der Waals surface area contributed by atoms with Crippen LogP contribution in [0.1, 0.15) is 30.0 Å². The number of hydrogen-bond acceptors (Lipinski definition) is 2. The second-order valence-corrected chi connectivity index (χ2v) is 6.73. The zero-order chi connectivity index (χ0) is 19.1. The van der Waals surface area contributed by atoms with E-state index in [1.165, 1.54) is 0 Å². The van der Waals surface area contributed by atoms with E-state index in [0.29, 0.717) is 18.0 Å². The van der Waals surface area contributed by atoms with Gasteiger partial charge in [0.15, 0.2) is 0 Å². The van der Waals surface area contributed by atoms with E-state index < -0.39 is 6.04 Å². The van der Waals surface area contributed by atoms with E-state index in [0.717, 1.165) is 16.7 Å². The number of carbonyl (C=O) groups excluding carboxylic acids is 2. The Balaban J connectivity index is 2.29. The number of amides is 2. The summed E-state index contributed by atoms with van der Waals surface area (Å²) in [6.45, 7) is 4.27. The number of hydrogen-bond donors (Lipinski definition) is 1. The fourth-order valence-corrected chi connectivity index (χ4v) is 3.07. The minimum Gasteiger partial charge on any atom is -0.357 e. The van der Waals surface area contributed by atoms with Crippen molar-refractivity contribution in [3.63, 3.8) is 0 Å². The largest absolute Gasteiger partial charge is 0.357 e. The standard InChI is InChI=1S/C21H25ClN2O2/c1-4-19(21(26)23-3)24(14-16-9-11-18(22)12-10-16)20(25)13-17-8-6-5-7-15(17)2/h5-12,19H,4,13-14H2,1-3H3,(H,23,26)/t19-/m1/s1. The van der Waals surface area contributed by atoms with Gasteiger partial charge in [-0.05, 0) is 42.2 Å². The molecule has 138 valence electrons. The Morgan fingerprint density at radius 1 is 1.12 bits per heavy atom. The van der Waals surface area contributed by atoms with Crippen LogP contribution in [0.3, 0.4) is 0 Å². The summed E-state index contributed by atoms with van der Waals surface area (Å²) in [5.41, 5.74) is 2.99. The summed E-state index contributed by atoms with van der Waals surface area (Å²) < 4.78 is 0. The predicted molar refractivity (Wildman–Crippen MR) is 105 cm³/mol. The van der Waals surface area contributed by atoms with E-state index in [1.807, 2.05) is 50.2 Å². The molecular formula is C21H25ClN2O2. The van der Waals surface area contributed by atoms with E-state index in [4.69, 9.17) is 11.6 Å². The summed E-state index contributed by atoms with van der Waals surface area (Å²) in [6.07, 6.45) is 0.820. The van der Waals surface area contributed by atoms with Gasteiger partial charge in [0.25, 0.3) is 0 Å². The highest BCUT2D eigenvalue weighted by molar-refractivity contribution is 6.30. The molecule has 0 aliphatic heterocycles. The first-order valence-corrected chi connectivity index (χ1v) is 9.14. The van der Waals surface area contributed by atoms with Crippen molar-refractivity contribution in [3.8, 4) is 0 Å². The lowest BCUT2D eigenvalue weighted by Gasteiger charge is -2.30. The molecule has 0 saturated carbocycles. The van der Waals surface area contributed by atoms with E-state index in [2.05, 4.69) is 5.32 Å². The Kier molecular flexibility index (Phi) is 7.22. The first-order valence-electron chi connectivity index (χ1n) is 8.76. The lowest BCUT2D eigenvalue weighted by Crippen LogP contribution is -2.48. The van der Waals surface area contributed by atoms with Gasteiger partial charge >= 0.3 is 0 Å². The molecule has 1 atom stereocenters. The zero-order valence-corrected chi connectivity index (χ0v) is 16.2. The van der Waals surface area contributed by atoms with Crippen LogP contribution < -0.4 is 5.32 Å². The van der Waals surface area contributed by atoms with Crippen molar-refractivity contribution in [2.75, 3.05) is 7.05 Å². The van der Waals surface area contributed by atoms with Gasteiger partial charge in [0.05, 0.1) is 6.42 Å². The molecule has 4 nitrogen and oxygen atoms in total. The molecule has 0 radical (unpaired) electrons. The Hall–Kier alpha value is -2.33. The highest BCUT2D eigenvalue weighted by Gasteiger charge is 2.28. The van der Waals surface area contributed by atoms with E-state index in [1.54, 1.807) is 24.1 Å². The van der Waals surface area contributed by atoms with Crippen molar-refractivity contribution >= 4 is 23.4 Å². The molecule has 0 aliphatic rings. The van der Waals surface area contributed by atoms with E-state index in [-0.39, 0.29) is 18.2 Å². The summed E-state index contributed by atoms with van der Waals surface area (Å²) >= 11 is 5.95. The fraction of sp³-hybridized carbons (Fsp3) is 0.333. The predicted octanol–water partition coefficient (Wildman–Crippen LogP) is 3.74. The molecule has 0 fully saturated rings. The van der Waals surface area contributed by atoms with Crippen LogP contribution in [-0.4, -0.2) is 29.8 Å². The lowest BCUT2D eigenvalue weighted by molar-refractivity contribution is -0.140. The van der Waals surface area contributed by atoms with Gasteiger partial charge < -0.3 is 10.2 Å². The first-order chi connectivity index (χ1) is 12.5. The Labute approximate surface area is 160 Å². The normalized spacial score (nSPS) is 11.7. The third kappa shape index (κ3) is 5.09. The molecule has 2 rings (SSSR count). The number of benzene rings is 2. The minimum absolute atomic E-state index is 0.0651. The third-order valence-corrected chi connectivity index (χ3v) is 4.75. The van der Waals surface area contributed by atoms with Crippen LogP contribution in [0.5, 0.6) is 0 Å². The summed E-state index contributed by atoms with van der Waals surface area (Å²) in [6, 6.07) is 14.7. The molecule has 5 heteroatoms. The summed E-state index contributed by atoms with van der Waals surface area (Å²) in [5.74, 6) is -0.218. The number of aryl methyl sites for hydroxylation is 1. The fourth-order valence-electron chi connectivity index (χ4n) is 2.95. The molecule has 2 aromatic rings. The maximum absolute atomic E-state index is 13.1. The molecule has 2 amide bonds. The monoisotopic (exact) mass is 372 g/mol. The van der Waals surface area contributed by atoms with Crippen LogP contribution >= 0.6 is 11.6 Å². The molecule has 0 saturated heterocycles. The molecular weight excluding hydrogens is 348 g/mol. The van der Waals surface area contributed by atoms with Gasteiger partial charge in [0, 0.05) is 18.6 Å². The van der Waals surface area contributed by atoms with E-state index in [9.17, 15) is 9.59 Å². The van der Waals surface area contributed by atoms with Gasteiger partial charge in [-0.3, -0.25) is 9.59 Å². The van der Waals surface area contributed by atoms with Crippen molar-refractivity contribution in [1.82, 2.24) is 10.2 Å². The number of rotatable bonds is 7. The van der Waals surface area contributed by atoms with Gasteiger partial charge in [-0.25, -0.2) is 0 Å². The van der Waals surface area contributed by atoms with Crippen LogP contribution in [0, 0.1) is 6.92 Å². The number of nitrogens with zero attached hydrogens (tertiary/aromatic N) is 1. The number of likely N-dealkylation sites (N-methyl/N-ethyl adjacent to an activating group) is 1. The molecule has 0 spiro atoms. The molecule has 0 aliphatic carbocycles. The Morgan fingerprint density at radius 3 is 2.35 bits per heavy atom. The average Bonchev–Trinajstić information content (AvgIpc) is 2.64. The topological polar surface area (TPSA) is 49.4 Å². The van der Waals surface area contributed by atoms with Crippen LogP contribution in [0.25, 0.3) is 0 Å². The Bertz CT molecular complexity index is 759. The zero-order valence-electron chi connectivity index (χ0n) is 15.5. The van der Waals surface area contributed by atoms with Crippen molar-refractivity contribution in [2.45, 2.75) is 39.3 Å². The van der Waals surface area contributed by atoms with Gasteiger partial charge in [-0.2, -0.15) is 0 Å². The number of nitrogens with one attached hydrogen (secondary N) is 1. The molecule has 0 unspecified atom stereocenters. The third-order valence-electron chi connectivity index (χ3n) is 4.50. The molecule has 0 aromatic heterocycles. The van der Waals surface area contributed by atoms with Crippen molar-refractivity contribution in [1.29, 1.82) is 0 Å². The summed E-state index contributed by atoms with van der Waals surface area (Å²) in [5, 5.41) is 3.31. The van der Waals surface area contributed by atoms with Crippen molar-refractivity contribution in [3.05, 3.63) is 70.2 Å². The smallest absolute Gasteiger partial charge is 0.242 e. The SMILES string of the molecule is CC[C@H](C(=O)NC)N(Cc1ccc(Cl)cc1)C(=O)Cc1ccccc1C. The number of carbonyl (C=O) groups is 2. The Morgan fingerprint density at radius 2 is 1.77 bits per heavy atom. The quantitative estimate of drug-likeness (QED) is 0.804.